The van der Waals surface area contributed by atoms with Crippen LogP contribution >= 0.6 is 0 Å². The van der Waals surface area contributed by atoms with Gasteiger partial charge in [-0.1, -0.05) is 0 Å². The zero-order valence-corrected chi connectivity index (χ0v) is 13.1. The summed E-state index contributed by atoms with van der Waals surface area (Å²) in [7, 11) is 0. The highest BCUT2D eigenvalue weighted by Crippen LogP contribution is 2.30. The molecule has 0 atom stereocenters. The molecule has 6 heteroatoms. The number of carbonyl (C=O) groups excluding carboxylic acids is 1. The van der Waals surface area contributed by atoms with E-state index >= 15 is 0 Å². The van der Waals surface area contributed by atoms with Crippen LogP contribution in [0.5, 0.6) is 5.75 Å². The fourth-order valence-electron chi connectivity index (χ4n) is 2.45. The molecule has 6 nitrogen and oxygen atoms in total. The molecule has 24 heavy (non-hydrogen) atoms. The van der Waals surface area contributed by atoms with Crippen molar-refractivity contribution < 1.29 is 19.1 Å². The van der Waals surface area contributed by atoms with Crippen molar-refractivity contribution in [3.63, 3.8) is 0 Å². The monoisotopic (exact) mass is 326 g/mol. The molecule has 124 valence electrons. The summed E-state index contributed by atoms with van der Waals surface area (Å²) in [6.45, 7) is 0.423. The number of benzene rings is 1. The van der Waals surface area contributed by atoms with Gasteiger partial charge in [0.05, 0.1) is 17.2 Å². The molecule has 0 bridgehead atoms. The minimum absolute atomic E-state index is 0.184. The maximum absolute atomic E-state index is 12.0. The van der Waals surface area contributed by atoms with E-state index < -0.39 is 5.60 Å². The molecule has 1 aromatic heterocycles. The molecule has 1 heterocycles. The average molecular weight is 326 g/mol. The maximum Gasteiger partial charge on any atom is 0.287 e. The molecular formula is C18H18N2O4. The summed E-state index contributed by atoms with van der Waals surface area (Å²) in [4.78, 5) is 12.0. The SMILES string of the molecule is N#Cc1ccc(OCc2ccc(C(=O)NCC3(O)CCC3)o2)cc1. The van der Waals surface area contributed by atoms with Gasteiger partial charge in [-0.25, -0.2) is 0 Å². The van der Waals surface area contributed by atoms with Gasteiger partial charge in [0.25, 0.3) is 5.91 Å². The van der Waals surface area contributed by atoms with Crippen LogP contribution in [-0.4, -0.2) is 23.2 Å². The van der Waals surface area contributed by atoms with Crippen molar-refractivity contribution in [1.82, 2.24) is 5.32 Å². The standard InChI is InChI=1S/C18H18N2O4/c19-10-13-2-4-14(5-3-13)23-11-15-6-7-16(24-15)17(21)20-12-18(22)8-1-9-18/h2-7,22H,1,8-9,11-12H2,(H,20,21). The van der Waals surface area contributed by atoms with E-state index in [4.69, 9.17) is 14.4 Å². The van der Waals surface area contributed by atoms with Gasteiger partial charge in [-0.15, -0.1) is 0 Å². The minimum atomic E-state index is -0.760. The van der Waals surface area contributed by atoms with E-state index in [-0.39, 0.29) is 24.8 Å². The zero-order valence-electron chi connectivity index (χ0n) is 13.1. The Kier molecular flexibility index (Phi) is 4.54. The van der Waals surface area contributed by atoms with Gasteiger partial charge in [-0.3, -0.25) is 4.79 Å². The van der Waals surface area contributed by atoms with Crippen LogP contribution in [0, 0.1) is 11.3 Å². The maximum atomic E-state index is 12.0. The first-order valence-corrected chi connectivity index (χ1v) is 7.80. The number of hydrogen-bond donors (Lipinski definition) is 2. The van der Waals surface area contributed by atoms with E-state index in [0.717, 1.165) is 19.3 Å². The normalized spacial score (nSPS) is 15.2. The molecule has 0 saturated heterocycles. The Balaban J connectivity index is 1.51. The fourth-order valence-corrected chi connectivity index (χ4v) is 2.45. The summed E-state index contributed by atoms with van der Waals surface area (Å²) in [6.07, 6.45) is 2.42. The Labute approximate surface area is 139 Å². The number of ether oxygens (including phenoxy) is 1. The van der Waals surface area contributed by atoms with Gasteiger partial charge >= 0.3 is 0 Å². The first-order valence-electron chi connectivity index (χ1n) is 7.80. The third kappa shape index (κ3) is 3.76. The number of rotatable bonds is 6. The molecule has 1 amide bonds. The topological polar surface area (TPSA) is 95.5 Å². The molecule has 1 fully saturated rings. The van der Waals surface area contributed by atoms with Crippen LogP contribution in [0.3, 0.4) is 0 Å². The van der Waals surface area contributed by atoms with Crippen LogP contribution in [0.2, 0.25) is 0 Å². The number of carbonyl (C=O) groups is 1. The molecule has 1 saturated carbocycles. The number of nitrogens with one attached hydrogen (secondary N) is 1. The van der Waals surface area contributed by atoms with Crippen LogP contribution in [0.15, 0.2) is 40.8 Å². The number of furan rings is 1. The molecule has 0 unspecified atom stereocenters. The van der Waals surface area contributed by atoms with Gasteiger partial charge in [0.1, 0.15) is 18.1 Å². The minimum Gasteiger partial charge on any atom is -0.486 e. The largest absolute Gasteiger partial charge is 0.486 e. The van der Waals surface area contributed by atoms with Gasteiger partial charge in [0, 0.05) is 6.54 Å². The summed E-state index contributed by atoms with van der Waals surface area (Å²) < 4.78 is 11.0. The van der Waals surface area contributed by atoms with E-state index in [1.165, 1.54) is 0 Å². The third-order valence-corrected chi connectivity index (χ3v) is 4.11. The van der Waals surface area contributed by atoms with E-state index in [1.54, 1.807) is 36.4 Å². The summed E-state index contributed by atoms with van der Waals surface area (Å²) >= 11 is 0. The Bertz CT molecular complexity index is 754. The van der Waals surface area contributed by atoms with Crippen molar-refractivity contribution in [1.29, 1.82) is 5.26 Å². The number of nitriles is 1. The third-order valence-electron chi connectivity index (χ3n) is 4.11. The number of amides is 1. The van der Waals surface area contributed by atoms with Crippen molar-refractivity contribution in [2.75, 3.05) is 6.54 Å². The lowest BCUT2D eigenvalue weighted by atomic mass is 9.80. The van der Waals surface area contributed by atoms with E-state index in [2.05, 4.69) is 5.32 Å². The molecule has 2 aromatic rings. The molecule has 1 aliphatic carbocycles. The fraction of sp³-hybridized carbons (Fsp3) is 0.333. The Morgan fingerprint density at radius 3 is 2.67 bits per heavy atom. The van der Waals surface area contributed by atoms with Crippen LogP contribution in [-0.2, 0) is 6.61 Å². The lowest BCUT2D eigenvalue weighted by Gasteiger charge is -2.36. The van der Waals surface area contributed by atoms with Gasteiger partial charge in [-0.2, -0.15) is 5.26 Å². The first kappa shape index (κ1) is 16.1. The van der Waals surface area contributed by atoms with Crippen molar-refractivity contribution in [3.8, 4) is 11.8 Å². The van der Waals surface area contributed by atoms with E-state index in [0.29, 0.717) is 17.1 Å². The number of aliphatic hydroxyl groups is 1. The lowest BCUT2D eigenvalue weighted by molar-refractivity contribution is -0.0302. The highest BCUT2D eigenvalue weighted by Gasteiger charge is 2.34. The van der Waals surface area contributed by atoms with Crippen LogP contribution in [0.4, 0.5) is 0 Å². The second kappa shape index (κ2) is 6.77. The predicted molar refractivity (Wildman–Crippen MR) is 85.3 cm³/mol. The van der Waals surface area contributed by atoms with Crippen LogP contribution < -0.4 is 10.1 Å². The lowest BCUT2D eigenvalue weighted by Crippen LogP contribution is -2.47. The Morgan fingerprint density at radius 2 is 2.04 bits per heavy atom. The van der Waals surface area contributed by atoms with Crippen LogP contribution in [0.25, 0.3) is 0 Å². The highest BCUT2D eigenvalue weighted by molar-refractivity contribution is 5.91. The first-order chi connectivity index (χ1) is 11.6. The smallest absolute Gasteiger partial charge is 0.287 e. The summed E-state index contributed by atoms with van der Waals surface area (Å²) in [5.41, 5.74) is -0.198. The quantitative estimate of drug-likeness (QED) is 0.849. The number of nitrogens with zero attached hydrogens (tertiary/aromatic N) is 1. The van der Waals surface area contributed by atoms with Gasteiger partial charge in [0.15, 0.2) is 5.76 Å². The summed E-state index contributed by atoms with van der Waals surface area (Å²) in [6, 6.07) is 12.0. The number of hydrogen-bond acceptors (Lipinski definition) is 5. The highest BCUT2D eigenvalue weighted by atomic mass is 16.5. The summed E-state index contributed by atoms with van der Waals surface area (Å²) in [5.74, 6) is 0.978. The Morgan fingerprint density at radius 1 is 1.29 bits per heavy atom. The average Bonchev–Trinajstić information content (AvgIpc) is 3.05. The molecule has 0 aliphatic heterocycles. The molecule has 1 aliphatic rings. The molecule has 3 rings (SSSR count). The molecule has 1 aromatic carbocycles. The van der Waals surface area contributed by atoms with Gasteiger partial charge < -0.3 is 19.6 Å². The van der Waals surface area contributed by atoms with E-state index in [9.17, 15) is 9.90 Å². The Hall–Kier alpha value is -2.78. The predicted octanol–water partition coefficient (Wildman–Crippen LogP) is 2.38. The van der Waals surface area contributed by atoms with Crippen molar-refractivity contribution in [2.45, 2.75) is 31.5 Å². The zero-order chi connectivity index (χ0) is 17.0. The molecule has 2 N–H and O–H groups in total. The van der Waals surface area contributed by atoms with Gasteiger partial charge in [0.2, 0.25) is 0 Å². The van der Waals surface area contributed by atoms with Crippen molar-refractivity contribution in [2.24, 2.45) is 0 Å². The van der Waals surface area contributed by atoms with Gasteiger partial charge in [-0.05, 0) is 55.7 Å². The molecule has 0 spiro atoms. The summed E-state index contributed by atoms with van der Waals surface area (Å²) in [5, 5.41) is 21.4. The molecular weight excluding hydrogens is 308 g/mol. The van der Waals surface area contributed by atoms with Crippen LogP contribution in [0.1, 0.15) is 41.1 Å². The second-order valence-corrected chi connectivity index (χ2v) is 5.95. The van der Waals surface area contributed by atoms with E-state index in [1.807, 2.05) is 6.07 Å². The molecule has 0 radical (unpaired) electrons. The van der Waals surface area contributed by atoms with Crippen molar-refractivity contribution in [3.05, 3.63) is 53.5 Å². The second-order valence-electron chi connectivity index (χ2n) is 5.95. The van der Waals surface area contributed by atoms with Crippen molar-refractivity contribution >= 4 is 5.91 Å².